The van der Waals surface area contributed by atoms with Gasteiger partial charge >= 0.3 is 0 Å². The maximum atomic E-state index is 12.3. The summed E-state index contributed by atoms with van der Waals surface area (Å²) in [7, 11) is 0. The topological polar surface area (TPSA) is 136 Å². The molecule has 4 aromatic rings. The molecule has 0 aliphatic carbocycles. The predicted molar refractivity (Wildman–Crippen MR) is 132 cm³/mol. The first-order valence-electron chi connectivity index (χ1n) is 10.5. The van der Waals surface area contributed by atoms with Crippen molar-refractivity contribution in [3.8, 4) is 17.1 Å². The Morgan fingerprint density at radius 2 is 1.89 bits per heavy atom. The Labute approximate surface area is 204 Å². The maximum absolute atomic E-state index is 12.3. The molecule has 1 amide bonds. The summed E-state index contributed by atoms with van der Waals surface area (Å²) in [5, 5.41) is 34.3. The van der Waals surface area contributed by atoms with Gasteiger partial charge in [0.2, 0.25) is 0 Å². The highest BCUT2D eigenvalue weighted by molar-refractivity contribution is 7.99. The van der Waals surface area contributed by atoms with Crippen molar-refractivity contribution in [1.29, 1.82) is 0 Å². The number of rotatable bonds is 8. The van der Waals surface area contributed by atoms with Crippen LogP contribution >= 0.6 is 11.8 Å². The zero-order valence-electron chi connectivity index (χ0n) is 18.5. The standard InChI is InChI=1S/C24H20N6O4S/c1-2-29-22(16-8-4-3-5-9-16)26-28-24(29)35-21-13-12-18(30(33)34)14-17(21)15-25-27-23(32)19-10-6-7-11-20(19)31/h3-15,31H,2H2,1H3,(H,27,32)/b25-15-. The molecule has 3 aromatic carbocycles. The molecule has 0 aliphatic heterocycles. The second-order valence-corrected chi connectivity index (χ2v) is 8.22. The van der Waals surface area contributed by atoms with Crippen molar-refractivity contribution in [2.75, 3.05) is 0 Å². The lowest BCUT2D eigenvalue weighted by Gasteiger charge is -2.09. The minimum Gasteiger partial charge on any atom is -0.507 e. The van der Waals surface area contributed by atoms with Crippen LogP contribution in [0, 0.1) is 10.1 Å². The van der Waals surface area contributed by atoms with E-state index in [4.69, 9.17) is 0 Å². The summed E-state index contributed by atoms with van der Waals surface area (Å²) in [6.07, 6.45) is 1.32. The molecule has 0 saturated carbocycles. The normalized spacial score (nSPS) is 11.0. The fourth-order valence-electron chi connectivity index (χ4n) is 3.28. The highest BCUT2D eigenvalue weighted by atomic mass is 32.2. The summed E-state index contributed by atoms with van der Waals surface area (Å²) < 4.78 is 1.95. The van der Waals surface area contributed by atoms with E-state index in [-0.39, 0.29) is 17.0 Å². The van der Waals surface area contributed by atoms with Gasteiger partial charge in [0.1, 0.15) is 5.75 Å². The van der Waals surface area contributed by atoms with Crippen LogP contribution in [0.1, 0.15) is 22.8 Å². The number of hydrogen-bond acceptors (Lipinski definition) is 8. The number of carbonyl (C=O) groups is 1. The van der Waals surface area contributed by atoms with Crippen LogP contribution in [0.4, 0.5) is 5.69 Å². The third-order valence-electron chi connectivity index (χ3n) is 4.99. The summed E-state index contributed by atoms with van der Waals surface area (Å²) in [5.74, 6) is -0.0835. The van der Waals surface area contributed by atoms with Crippen molar-refractivity contribution in [1.82, 2.24) is 20.2 Å². The van der Waals surface area contributed by atoms with Gasteiger partial charge in [-0.1, -0.05) is 42.5 Å². The summed E-state index contributed by atoms with van der Waals surface area (Å²) >= 11 is 1.28. The summed E-state index contributed by atoms with van der Waals surface area (Å²) in [4.78, 5) is 23.8. The van der Waals surface area contributed by atoms with Gasteiger partial charge < -0.3 is 9.67 Å². The van der Waals surface area contributed by atoms with Crippen molar-refractivity contribution >= 4 is 29.6 Å². The number of nitro groups is 1. The molecule has 0 radical (unpaired) electrons. The molecule has 10 nitrogen and oxygen atoms in total. The smallest absolute Gasteiger partial charge is 0.275 e. The zero-order chi connectivity index (χ0) is 24.8. The molecule has 0 spiro atoms. The van der Waals surface area contributed by atoms with E-state index in [9.17, 15) is 20.0 Å². The van der Waals surface area contributed by atoms with Gasteiger partial charge in [0.05, 0.1) is 16.7 Å². The van der Waals surface area contributed by atoms with Gasteiger partial charge in [-0.25, -0.2) is 5.43 Å². The third-order valence-corrected chi connectivity index (χ3v) is 6.07. The first-order valence-corrected chi connectivity index (χ1v) is 11.4. The number of aromatic nitrogens is 3. The lowest BCUT2D eigenvalue weighted by Crippen LogP contribution is -2.17. The maximum Gasteiger partial charge on any atom is 0.275 e. The Morgan fingerprint density at radius 3 is 2.60 bits per heavy atom. The van der Waals surface area contributed by atoms with Gasteiger partial charge in [-0.05, 0) is 36.9 Å². The SMILES string of the molecule is CCn1c(Sc2ccc([N+](=O)[O-])cc2/C=N\NC(=O)c2ccccc2O)nnc1-c1ccccc1. The van der Waals surface area contributed by atoms with Gasteiger partial charge in [-0.2, -0.15) is 5.10 Å². The first-order chi connectivity index (χ1) is 17.0. The average molecular weight is 489 g/mol. The molecule has 0 fully saturated rings. The predicted octanol–water partition coefficient (Wildman–Crippen LogP) is 4.49. The van der Waals surface area contributed by atoms with Gasteiger partial charge in [0, 0.05) is 34.7 Å². The number of amides is 1. The van der Waals surface area contributed by atoms with Crippen LogP contribution in [-0.2, 0) is 6.54 Å². The molecule has 176 valence electrons. The van der Waals surface area contributed by atoms with E-state index in [0.29, 0.717) is 28.0 Å². The van der Waals surface area contributed by atoms with E-state index in [1.54, 1.807) is 18.2 Å². The van der Waals surface area contributed by atoms with Gasteiger partial charge in [-0.15, -0.1) is 10.2 Å². The first kappa shape index (κ1) is 23.6. The van der Waals surface area contributed by atoms with Gasteiger partial charge in [0.25, 0.3) is 11.6 Å². The fourth-order valence-corrected chi connectivity index (χ4v) is 4.25. The minimum absolute atomic E-state index is 0.0581. The Morgan fingerprint density at radius 1 is 1.14 bits per heavy atom. The van der Waals surface area contributed by atoms with Crippen LogP contribution in [0.2, 0.25) is 0 Å². The van der Waals surface area contributed by atoms with E-state index in [0.717, 1.165) is 5.56 Å². The van der Waals surface area contributed by atoms with E-state index < -0.39 is 10.8 Å². The molecule has 1 heterocycles. The third kappa shape index (κ3) is 5.36. The van der Waals surface area contributed by atoms with Crippen LogP contribution in [0.15, 0.2) is 87.9 Å². The molecule has 0 saturated heterocycles. The Balaban J connectivity index is 1.62. The van der Waals surface area contributed by atoms with Crippen LogP contribution in [0.25, 0.3) is 11.4 Å². The molecule has 0 atom stereocenters. The summed E-state index contributed by atoms with van der Waals surface area (Å²) in [5.41, 5.74) is 3.61. The van der Waals surface area contributed by atoms with Crippen molar-refractivity contribution in [3.05, 3.63) is 94.0 Å². The van der Waals surface area contributed by atoms with Crippen LogP contribution in [0.3, 0.4) is 0 Å². The second-order valence-electron chi connectivity index (χ2n) is 7.21. The number of phenolic OH excluding ortho intramolecular Hbond substituents is 1. The van der Waals surface area contributed by atoms with E-state index in [1.165, 1.54) is 42.2 Å². The number of carbonyl (C=O) groups excluding carboxylic acids is 1. The Bertz CT molecular complexity index is 1400. The number of para-hydroxylation sites is 1. The van der Waals surface area contributed by atoms with Gasteiger partial charge in [0.15, 0.2) is 11.0 Å². The molecular formula is C24H20N6O4S. The lowest BCUT2D eigenvalue weighted by atomic mass is 10.2. The zero-order valence-corrected chi connectivity index (χ0v) is 19.3. The van der Waals surface area contributed by atoms with Crippen molar-refractivity contribution in [3.63, 3.8) is 0 Å². The van der Waals surface area contributed by atoms with Crippen LogP contribution in [-0.4, -0.2) is 36.9 Å². The van der Waals surface area contributed by atoms with Crippen LogP contribution in [0.5, 0.6) is 5.75 Å². The van der Waals surface area contributed by atoms with Gasteiger partial charge in [-0.3, -0.25) is 14.9 Å². The number of phenols is 1. The minimum atomic E-state index is -0.614. The molecule has 4 rings (SSSR count). The molecule has 35 heavy (non-hydrogen) atoms. The average Bonchev–Trinajstić information content (AvgIpc) is 3.28. The number of nitro benzene ring substituents is 1. The fraction of sp³-hybridized carbons (Fsp3) is 0.0833. The van der Waals surface area contributed by atoms with Crippen LogP contribution < -0.4 is 5.43 Å². The highest BCUT2D eigenvalue weighted by Crippen LogP contribution is 2.33. The molecule has 1 aromatic heterocycles. The largest absolute Gasteiger partial charge is 0.507 e. The Hall–Kier alpha value is -4.51. The van der Waals surface area contributed by atoms with E-state index in [1.807, 2.05) is 41.8 Å². The van der Waals surface area contributed by atoms with Crippen molar-refractivity contribution in [2.24, 2.45) is 5.10 Å². The molecule has 0 bridgehead atoms. The summed E-state index contributed by atoms with van der Waals surface area (Å²) in [6, 6.07) is 20.1. The number of non-ortho nitro benzene ring substituents is 1. The number of nitrogens with zero attached hydrogens (tertiary/aromatic N) is 5. The molecule has 11 heteroatoms. The molecule has 0 aliphatic rings. The highest BCUT2D eigenvalue weighted by Gasteiger charge is 2.17. The lowest BCUT2D eigenvalue weighted by molar-refractivity contribution is -0.384. The number of hydrogen-bond donors (Lipinski definition) is 2. The summed E-state index contributed by atoms with van der Waals surface area (Å²) in [6.45, 7) is 2.60. The van der Waals surface area contributed by atoms with Crippen molar-refractivity contribution < 1.29 is 14.8 Å². The molecule has 0 unspecified atom stereocenters. The van der Waals surface area contributed by atoms with Crippen molar-refractivity contribution in [2.45, 2.75) is 23.5 Å². The monoisotopic (exact) mass is 488 g/mol. The second kappa shape index (κ2) is 10.6. The quantitative estimate of drug-likeness (QED) is 0.212. The number of nitrogens with one attached hydrogen (secondary N) is 1. The van der Waals surface area contributed by atoms with E-state index in [2.05, 4.69) is 20.7 Å². The number of aromatic hydroxyl groups is 1. The Kier molecular flexibility index (Phi) is 7.17. The number of benzene rings is 3. The van der Waals surface area contributed by atoms with E-state index >= 15 is 0 Å². The molecular weight excluding hydrogens is 468 g/mol. The number of hydrazone groups is 1. The molecule has 2 N–H and O–H groups in total.